The molecule has 0 radical (unpaired) electrons. The number of allylic oxidation sites excluding steroid dienone is 3. The molecule has 0 bridgehead atoms. The molecule has 0 aromatic heterocycles. The van der Waals surface area contributed by atoms with Crippen molar-refractivity contribution in [1.29, 1.82) is 0 Å². The van der Waals surface area contributed by atoms with Crippen LogP contribution in [0.25, 0.3) is 0 Å². The Morgan fingerprint density at radius 1 is 0.839 bits per heavy atom. The first-order valence-corrected chi connectivity index (χ1v) is 25.8. The van der Waals surface area contributed by atoms with Crippen LogP contribution in [-0.4, -0.2) is 41.3 Å². The number of nitrogens with two attached hydrogens (primary N) is 1. The topological polar surface area (TPSA) is 95.6 Å². The van der Waals surface area contributed by atoms with Crippen molar-refractivity contribution >= 4 is 5.78 Å². The van der Waals surface area contributed by atoms with Crippen molar-refractivity contribution < 1.29 is 15.0 Å². The van der Waals surface area contributed by atoms with E-state index < -0.39 is 0 Å². The summed E-state index contributed by atoms with van der Waals surface area (Å²) in [5, 5.41) is 23.8. The van der Waals surface area contributed by atoms with Gasteiger partial charge in [-0.2, -0.15) is 0 Å². The third-order valence-electron chi connectivity index (χ3n) is 19.7. The molecule has 12 atom stereocenters. The van der Waals surface area contributed by atoms with Gasteiger partial charge in [0.05, 0.1) is 6.10 Å². The number of carbonyl (C=O) groups excluding carboxylic acids is 1. The minimum atomic E-state index is -0.389. The highest BCUT2D eigenvalue weighted by Gasteiger charge is 2.63. The van der Waals surface area contributed by atoms with Crippen LogP contribution in [0.2, 0.25) is 0 Å². The second kappa shape index (κ2) is 21.5. The van der Waals surface area contributed by atoms with Crippen molar-refractivity contribution in [3.63, 3.8) is 0 Å². The molecule has 12 unspecified atom stereocenters. The first-order valence-electron chi connectivity index (χ1n) is 25.8. The van der Waals surface area contributed by atoms with E-state index in [1.807, 2.05) is 0 Å². The molecular weight excluding hydrogens is 761 g/mol. The Morgan fingerprint density at radius 2 is 1.44 bits per heavy atom. The number of hydrogen-bond donors (Lipinski definition) is 4. The van der Waals surface area contributed by atoms with Gasteiger partial charge in [0.25, 0.3) is 0 Å². The average Bonchev–Trinajstić information content (AvgIpc) is 3.17. The summed E-state index contributed by atoms with van der Waals surface area (Å²) in [6.45, 7) is 52.6. The predicted molar refractivity (Wildman–Crippen MR) is 268 cm³/mol. The number of Topliss-reactive ketones (excluding diaryl/α,β-unsaturated/α-hetero) is 1. The lowest BCUT2D eigenvalue weighted by Crippen LogP contribution is -2.59. The average molecular weight is 865 g/mol. The van der Waals surface area contributed by atoms with E-state index in [0.717, 1.165) is 82.4 Å². The minimum Gasteiger partial charge on any atom is -0.396 e. The quantitative estimate of drug-likeness (QED) is 0.0916. The van der Waals surface area contributed by atoms with Gasteiger partial charge in [-0.3, -0.25) is 4.79 Å². The van der Waals surface area contributed by atoms with Gasteiger partial charge < -0.3 is 21.3 Å². The maximum Gasteiger partial charge on any atom is 0.139 e. The highest BCUT2D eigenvalue weighted by atomic mass is 16.3. The smallest absolute Gasteiger partial charge is 0.139 e. The Labute approximate surface area is 385 Å². The second-order valence-electron chi connectivity index (χ2n) is 25.6. The largest absolute Gasteiger partial charge is 0.396 e. The molecule has 0 heterocycles. The van der Waals surface area contributed by atoms with Gasteiger partial charge in [0.1, 0.15) is 5.78 Å². The summed E-state index contributed by atoms with van der Waals surface area (Å²) in [5.41, 5.74) is 9.41. The molecule has 0 spiro atoms. The standard InChI is InChI=1S/C48H86N2O2.C9H18O/c1-32(2)44(11,12)41-21-22-47(16,37(7)45(41,13)14)46(15)24-26-48(36(6)35(46)5,25-23-43(8,9)10)42(52)30-38-29-39(31-51)40(28-33(38)3)50-34(4)20-18-17-19-27-49;1-6-4-7(2)9(10)8(3)5-6/h33,36-41,50-51H,1,4-5,17-31,49H2,2-3,6-16H3;6-10H,4-5H2,1-3H3. The van der Waals surface area contributed by atoms with E-state index in [1.54, 1.807) is 0 Å². The molecule has 0 aliphatic heterocycles. The zero-order valence-electron chi connectivity index (χ0n) is 43.9. The van der Waals surface area contributed by atoms with E-state index in [0.29, 0.717) is 41.8 Å². The number of ketones is 1. The monoisotopic (exact) mass is 865 g/mol. The van der Waals surface area contributed by atoms with Crippen LogP contribution in [0.5, 0.6) is 0 Å². The molecule has 4 fully saturated rings. The van der Waals surface area contributed by atoms with Gasteiger partial charge in [-0.15, -0.1) is 0 Å². The highest BCUT2D eigenvalue weighted by molar-refractivity contribution is 5.86. The summed E-state index contributed by atoms with van der Waals surface area (Å²) >= 11 is 0. The van der Waals surface area contributed by atoms with Crippen molar-refractivity contribution in [3.05, 3.63) is 36.6 Å². The van der Waals surface area contributed by atoms with Crippen LogP contribution in [0, 0.1) is 85.8 Å². The molecule has 0 aromatic rings. The lowest BCUT2D eigenvalue weighted by atomic mass is 9.38. The normalized spacial score (nSPS) is 39.0. The number of hydrogen-bond acceptors (Lipinski definition) is 5. The zero-order chi connectivity index (χ0) is 47.4. The van der Waals surface area contributed by atoms with Gasteiger partial charge in [-0.1, -0.05) is 141 Å². The van der Waals surface area contributed by atoms with Crippen LogP contribution in [0.3, 0.4) is 0 Å². The van der Waals surface area contributed by atoms with Crippen LogP contribution >= 0.6 is 0 Å². The summed E-state index contributed by atoms with van der Waals surface area (Å²) in [4.78, 5) is 15.1. The predicted octanol–water partition coefficient (Wildman–Crippen LogP) is 14.1. The van der Waals surface area contributed by atoms with Crippen molar-refractivity contribution in [2.24, 2.45) is 91.5 Å². The Bertz CT molecular complexity index is 1490. The summed E-state index contributed by atoms with van der Waals surface area (Å²) < 4.78 is 0. The first-order chi connectivity index (χ1) is 28.5. The molecule has 4 aliphatic rings. The van der Waals surface area contributed by atoms with Gasteiger partial charge in [0.15, 0.2) is 0 Å². The molecule has 4 aliphatic carbocycles. The van der Waals surface area contributed by atoms with E-state index >= 15 is 4.79 Å². The molecule has 4 rings (SSSR count). The maximum absolute atomic E-state index is 15.1. The van der Waals surface area contributed by atoms with Gasteiger partial charge in [-0.05, 0) is 171 Å². The summed E-state index contributed by atoms with van der Waals surface area (Å²) in [5.74, 6) is 4.31. The lowest BCUT2D eigenvalue weighted by molar-refractivity contribution is -0.149. The molecule has 5 heteroatoms. The van der Waals surface area contributed by atoms with E-state index in [9.17, 15) is 10.2 Å². The summed E-state index contributed by atoms with van der Waals surface area (Å²) in [7, 11) is 0. The maximum atomic E-state index is 15.1. The summed E-state index contributed by atoms with van der Waals surface area (Å²) in [6, 6.07) is 0.209. The Balaban J connectivity index is 0.000000895. The molecule has 360 valence electrons. The van der Waals surface area contributed by atoms with Crippen LogP contribution in [0.1, 0.15) is 207 Å². The molecule has 0 amide bonds. The molecular formula is C57H104N2O3. The van der Waals surface area contributed by atoms with Gasteiger partial charge >= 0.3 is 0 Å². The first kappa shape index (κ1) is 54.9. The van der Waals surface area contributed by atoms with Crippen LogP contribution in [-0.2, 0) is 4.79 Å². The number of aliphatic hydroxyl groups is 2. The number of aliphatic hydroxyl groups excluding tert-OH is 2. The van der Waals surface area contributed by atoms with Crippen molar-refractivity contribution in [3.8, 4) is 0 Å². The van der Waals surface area contributed by atoms with Gasteiger partial charge in [0.2, 0.25) is 0 Å². The van der Waals surface area contributed by atoms with Gasteiger partial charge in [0, 0.05) is 36.1 Å². The Hall–Kier alpha value is -1.43. The number of unbranched alkanes of at least 4 members (excludes halogenated alkanes) is 2. The molecule has 5 N–H and O–H groups in total. The molecule has 62 heavy (non-hydrogen) atoms. The van der Waals surface area contributed by atoms with Crippen LogP contribution < -0.4 is 11.1 Å². The van der Waals surface area contributed by atoms with Crippen molar-refractivity contribution in [1.82, 2.24) is 5.32 Å². The number of nitrogens with one attached hydrogen (secondary N) is 1. The molecule has 0 aromatic carbocycles. The van der Waals surface area contributed by atoms with Crippen molar-refractivity contribution in [2.45, 2.75) is 219 Å². The Morgan fingerprint density at radius 3 is 1.97 bits per heavy atom. The fourth-order valence-electron chi connectivity index (χ4n) is 14.1. The minimum absolute atomic E-state index is 0.0430. The molecule has 5 nitrogen and oxygen atoms in total. The van der Waals surface area contributed by atoms with Crippen LogP contribution in [0.15, 0.2) is 36.6 Å². The zero-order valence-corrected chi connectivity index (χ0v) is 43.9. The third kappa shape index (κ3) is 11.9. The number of rotatable bonds is 16. The summed E-state index contributed by atoms with van der Waals surface area (Å²) in [6.07, 6.45) is 15.3. The highest BCUT2D eigenvalue weighted by Crippen LogP contribution is 2.70. The molecule has 4 saturated carbocycles. The third-order valence-corrected chi connectivity index (χ3v) is 19.7. The fraction of sp³-hybridized carbons (Fsp3) is 0.877. The van der Waals surface area contributed by atoms with E-state index in [-0.39, 0.29) is 69.0 Å². The lowest BCUT2D eigenvalue weighted by Gasteiger charge is -2.66. The van der Waals surface area contributed by atoms with E-state index in [4.69, 9.17) is 12.3 Å². The van der Waals surface area contributed by atoms with Crippen LogP contribution in [0.4, 0.5) is 0 Å². The van der Waals surface area contributed by atoms with E-state index in [2.05, 4.69) is 129 Å². The SMILES string of the molecule is C=C(CCCCCN)NC1CC(C)C(CC(=O)C2(CCC(C)(C)C)CCC(C)(C3(C)CCC(C(C)(C)C(=C)C)C(C)(C)C3C)C(=C)C2C)CC1CO.CC1CC(C)C(O)C(C)C1. The van der Waals surface area contributed by atoms with Crippen molar-refractivity contribution in [2.75, 3.05) is 13.2 Å². The second-order valence-corrected chi connectivity index (χ2v) is 25.6. The van der Waals surface area contributed by atoms with E-state index in [1.165, 1.54) is 36.8 Å². The molecule has 0 saturated heterocycles. The fourth-order valence-corrected chi connectivity index (χ4v) is 14.1. The Kier molecular flexibility index (Phi) is 19.0. The number of carbonyl (C=O) groups is 1. The van der Waals surface area contributed by atoms with Gasteiger partial charge in [-0.25, -0.2) is 0 Å².